The number of rotatable bonds is 9. The molecule has 0 aromatic heterocycles. The van der Waals surface area contributed by atoms with E-state index in [2.05, 4.69) is 0 Å². The molecule has 0 saturated heterocycles. The number of hydrogen-bond acceptors (Lipinski definition) is 5. The lowest BCUT2D eigenvalue weighted by Crippen LogP contribution is -2.51. The minimum atomic E-state index is -1.17. The molecule has 7 nitrogen and oxygen atoms in total. The maximum atomic E-state index is 14.0. The van der Waals surface area contributed by atoms with Crippen LogP contribution in [-0.2, 0) is 29.2 Å². The lowest BCUT2D eigenvalue weighted by atomic mass is 9.91. The van der Waals surface area contributed by atoms with Gasteiger partial charge in [0.1, 0.15) is 24.2 Å². The number of carbonyl (C=O) groups is 2. The fourth-order valence-corrected chi connectivity index (χ4v) is 4.81. The summed E-state index contributed by atoms with van der Waals surface area (Å²) in [6, 6.07) is 26.2. The van der Waals surface area contributed by atoms with Crippen LogP contribution in [0.4, 0.5) is 4.39 Å². The van der Waals surface area contributed by atoms with Crippen molar-refractivity contribution in [1.82, 2.24) is 4.90 Å². The molecule has 1 N–H and O–H groups in total. The topological polar surface area (TPSA) is 85.3 Å². The molecule has 5 rings (SSSR count). The highest BCUT2D eigenvalue weighted by Gasteiger charge is 2.40. The molecule has 8 heteroatoms. The van der Waals surface area contributed by atoms with Gasteiger partial charge in [0.25, 0.3) is 5.91 Å². The van der Waals surface area contributed by atoms with E-state index in [1.54, 1.807) is 30.3 Å². The van der Waals surface area contributed by atoms with Gasteiger partial charge >= 0.3 is 5.97 Å². The van der Waals surface area contributed by atoms with E-state index < -0.39 is 29.8 Å². The standard InChI is InChI=1S/C32H28FNO6/c1-38-28-17-12-23-19-34(27(32(36)37)18-26(23)30(28)39-20-21-8-4-2-5-9-21)31(35)29(22-10-6-3-7-11-22)40-25-15-13-24(33)14-16-25/h2-17,27,29H,18-20H2,1H3,(H,36,37). The number of aliphatic carboxylic acids is 1. The Kier molecular flexibility index (Phi) is 7.96. The fourth-order valence-electron chi connectivity index (χ4n) is 4.81. The van der Waals surface area contributed by atoms with Gasteiger partial charge in [-0.3, -0.25) is 4.79 Å². The lowest BCUT2D eigenvalue weighted by Gasteiger charge is -2.37. The van der Waals surface area contributed by atoms with Crippen LogP contribution < -0.4 is 14.2 Å². The van der Waals surface area contributed by atoms with Crippen LogP contribution in [0.25, 0.3) is 0 Å². The summed E-state index contributed by atoms with van der Waals surface area (Å²) in [4.78, 5) is 27.9. The van der Waals surface area contributed by atoms with E-state index in [1.807, 2.05) is 42.5 Å². The van der Waals surface area contributed by atoms with Crippen LogP contribution in [0.3, 0.4) is 0 Å². The number of carboxylic acids is 1. The zero-order valence-corrected chi connectivity index (χ0v) is 21.8. The van der Waals surface area contributed by atoms with E-state index in [0.29, 0.717) is 22.6 Å². The number of hydrogen-bond donors (Lipinski definition) is 1. The van der Waals surface area contributed by atoms with Crippen molar-refractivity contribution in [1.29, 1.82) is 0 Å². The largest absolute Gasteiger partial charge is 0.493 e. The average Bonchev–Trinajstić information content (AvgIpc) is 2.99. The molecular weight excluding hydrogens is 513 g/mol. The average molecular weight is 542 g/mol. The molecule has 0 saturated carbocycles. The lowest BCUT2D eigenvalue weighted by molar-refractivity contribution is -0.155. The predicted molar refractivity (Wildman–Crippen MR) is 146 cm³/mol. The molecule has 1 aliphatic heterocycles. The Bertz CT molecular complexity index is 1480. The molecular formula is C32H28FNO6. The van der Waals surface area contributed by atoms with Crippen molar-refractivity contribution < 1.29 is 33.3 Å². The first-order valence-electron chi connectivity index (χ1n) is 12.8. The molecule has 1 amide bonds. The molecule has 4 aromatic carbocycles. The van der Waals surface area contributed by atoms with Gasteiger partial charge in [0, 0.05) is 24.1 Å². The number of nitrogens with zero attached hydrogens (tertiary/aromatic N) is 1. The van der Waals surface area contributed by atoms with Gasteiger partial charge in [0.2, 0.25) is 6.10 Å². The Balaban J connectivity index is 1.48. The first-order valence-corrected chi connectivity index (χ1v) is 12.8. The minimum Gasteiger partial charge on any atom is -0.493 e. The van der Waals surface area contributed by atoms with Crippen molar-refractivity contribution in [2.45, 2.75) is 31.7 Å². The molecule has 0 aliphatic carbocycles. The number of benzene rings is 4. The Morgan fingerprint density at radius 1 is 0.950 bits per heavy atom. The van der Waals surface area contributed by atoms with Crippen molar-refractivity contribution in [2.24, 2.45) is 0 Å². The van der Waals surface area contributed by atoms with Crippen molar-refractivity contribution in [3.63, 3.8) is 0 Å². The fraction of sp³-hybridized carbons (Fsp3) is 0.188. The quantitative estimate of drug-likeness (QED) is 0.298. The van der Waals surface area contributed by atoms with Crippen LogP contribution in [0.5, 0.6) is 17.2 Å². The molecule has 4 aromatic rings. The van der Waals surface area contributed by atoms with Gasteiger partial charge in [-0.05, 0) is 41.5 Å². The van der Waals surface area contributed by atoms with Crippen LogP contribution in [0.1, 0.15) is 28.4 Å². The Morgan fingerprint density at radius 3 is 2.27 bits per heavy atom. The van der Waals surface area contributed by atoms with E-state index in [1.165, 1.54) is 36.3 Å². The van der Waals surface area contributed by atoms with E-state index in [4.69, 9.17) is 14.2 Å². The second-order valence-electron chi connectivity index (χ2n) is 9.40. The van der Waals surface area contributed by atoms with E-state index >= 15 is 0 Å². The van der Waals surface area contributed by atoms with Crippen LogP contribution in [0, 0.1) is 5.82 Å². The van der Waals surface area contributed by atoms with E-state index in [9.17, 15) is 19.1 Å². The molecule has 1 heterocycles. The first-order chi connectivity index (χ1) is 19.4. The minimum absolute atomic E-state index is 0.0236. The summed E-state index contributed by atoms with van der Waals surface area (Å²) in [6.07, 6.45) is -1.11. The summed E-state index contributed by atoms with van der Waals surface area (Å²) < 4.78 is 31.2. The third-order valence-corrected chi connectivity index (χ3v) is 6.84. The number of fused-ring (bicyclic) bond motifs is 1. The van der Waals surface area contributed by atoms with Crippen LogP contribution in [-0.4, -0.2) is 35.0 Å². The summed E-state index contributed by atoms with van der Waals surface area (Å²) in [6.45, 7) is 0.308. The van der Waals surface area contributed by atoms with E-state index in [0.717, 1.165) is 11.1 Å². The molecule has 204 valence electrons. The zero-order valence-electron chi connectivity index (χ0n) is 21.8. The van der Waals surface area contributed by atoms with Gasteiger partial charge in [-0.15, -0.1) is 0 Å². The molecule has 40 heavy (non-hydrogen) atoms. The molecule has 1 aliphatic rings. The highest BCUT2D eigenvalue weighted by molar-refractivity contribution is 5.88. The number of ether oxygens (including phenoxy) is 3. The zero-order chi connectivity index (χ0) is 28.1. The van der Waals surface area contributed by atoms with Crippen molar-refractivity contribution in [2.75, 3.05) is 7.11 Å². The number of carbonyl (C=O) groups excluding carboxylic acids is 1. The molecule has 0 spiro atoms. The van der Waals surface area contributed by atoms with Crippen molar-refractivity contribution >= 4 is 11.9 Å². The Labute approximate surface area is 231 Å². The van der Waals surface area contributed by atoms with Gasteiger partial charge < -0.3 is 24.2 Å². The number of halogens is 1. The maximum absolute atomic E-state index is 14.0. The van der Waals surface area contributed by atoms with Crippen LogP contribution in [0.2, 0.25) is 0 Å². The summed E-state index contributed by atoms with van der Waals surface area (Å²) in [5, 5.41) is 10.2. The molecule has 0 fully saturated rings. The van der Waals surface area contributed by atoms with Crippen molar-refractivity contribution in [3.8, 4) is 17.2 Å². The van der Waals surface area contributed by atoms with Crippen LogP contribution in [0.15, 0.2) is 97.1 Å². The van der Waals surface area contributed by atoms with Crippen LogP contribution >= 0.6 is 0 Å². The predicted octanol–water partition coefficient (Wildman–Crippen LogP) is 5.57. The van der Waals surface area contributed by atoms with Gasteiger partial charge in [0.15, 0.2) is 11.5 Å². The summed E-state index contributed by atoms with van der Waals surface area (Å²) in [7, 11) is 1.53. The normalized spacial score (nSPS) is 15.1. The number of methoxy groups -OCH3 is 1. The van der Waals surface area contributed by atoms with Gasteiger partial charge in [0.05, 0.1) is 7.11 Å². The Morgan fingerprint density at radius 2 is 1.62 bits per heavy atom. The highest BCUT2D eigenvalue weighted by Crippen LogP contribution is 2.40. The highest BCUT2D eigenvalue weighted by atomic mass is 19.1. The molecule has 0 bridgehead atoms. The SMILES string of the molecule is COc1ccc2c(c1OCc1ccccc1)CC(C(=O)O)N(C(=O)C(Oc1ccc(F)cc1)c1ccccc1)C2. The second-order valence-corrected chi connectivity index (χ2v) is 9.40. The monoisotopic (exact) mass is 541 g/mol. The third-order valence-electron chi connectivity index (χ3n) is 6.84. The number of amides is 1. The van der Waals surface area contributed by atoms with Gasteiger partial charge in [-0.2, -0.15) is 0 Å². The first kappa shape index (κ1) is 26.7. The molecule has 2 unspecified atom stereocenters. The second kappa shape index (κ2) is 11.9. The summed E-state index contributed by atoms with van der Waals surface area (Å²) in [5.41, 5.74) is 2.94. The smallest absolute Gasteiger partial charge is 0.326 e. The summed E-state index contributed by atoms with van der Waals surface area (Å²) >= 11 is 0. The van der Waals surface area contributed by atoms with Crippen molar-refractivity contribution in [3.05, 3.63) is 125 Å². The third kappa shape index (κ3) is 5.76. The van der Waals surface area contributed by atoms with E-state index in [-0.39, 0.29) is 25.3 Å². The Hall–Kier alpha value is -4.85. The van der Waals surface area contributed by atoms with Gasteiger partial charge in [-0.1, -0.05) is 66.7 Å². The number of carboxylic acid groups (broad SMARTS) is 1. The van der Waals surface area contributed by atoms with Gasteiger partial charge in [-0.25, -0.2) is 9.18 Å². The summed E-state index contributed by atoms with van der Waals surface area (Å²) in [5.74, 6) is -0.867. The maximum Gasteiger partial charge on any atom is 0.326 e. The molecule has 2 atom stereocenters. The molecule has 0 radical (unpaired) electrons.